The van der Waals surface area contributed by atoms with E-state index in [2.05, 4.69) is 29.1 Å². The molecule has 0 aromatic heterocycles. The first kappa shape index (κ1) is 48.5. The second-order valence-corrected chi connectivity index (χ2v) is 16.1. The lowest BCUT2D eigenvalue weighted by atomic mass is 10.1. The summed E-state index contributed by atoms with van der Waals surface area (Å²) in [6, 6.07) is 7.00. The first-order chi connectivity index (χ1) is 28.5. The lowest BCUT2D eigenvalue weighted by molar-refractivity contribution is -0.123. The topological polar surface area (TPSA) is 256 Å². The van der Waals surface area contributed by atoms with Crippen LogP contribution in [0.3, 0.4) is 0 Å². The van der Waals surface area contributed by atoms with Gasteiger partial charge in [0.15, 0.2) is 10.2 Å². The number of anilines is 2. The maximum Gasteiger partial charge on any atom is 0.338 e. The van der Waals surface area contributed by atoms with Gasteiger partial charge in [-0.2, -0.15) is 0 Å². The van der Waals surface area contributed by atoms with E-state index in [0.717, 1.165) is 11.8 Å². The van der Waals surface area contributed by atoms with Crippen LogP contribution in [0.1, 0.15) is 68.1 Å². The van der Waals surface area contributed by atoms with E-state index in [4.69, 9.17) is 24.7 Å². The van der Waals surface area contributed by atoms with Crippen LogP contribution in [0.15, 0.2) is 61.7 Å². The highest BCUT2D eigenvalue weighted by molar-refractivity contribution is 8.14. The molecular formula is C40H47N5O13S2. The van der Waals surface area contributed by atoms with Crippen LogP contribution in [0.2, 0.25) is 0 Å². The highest BCUT2D eigenvalue weighted by atomic mass is 32.2. The lowest BCUT2D eigenvalue weighted by Gasteiger charge is -2.22. The predicted molar refractivity (Wildman–Crippen MR) is 223 cm³/mol. The van der Waals surface area contributed by atoms with Crippen molar-refractivity contribution in [3.63, 3.8) is 0 Å². The van der Waals surface area contributed by atoms with Crippen molar-refractivity contribution in [1.29, 1.82) is 0 Å². The van der Waals surface area contributed by atoms with E-state index in [1.807, 2.05) is 0 Å². The summed E-state index contributed by atoms with van der Waals surface area (Å²) in [6.07, 6.45) is 3.65. The Labute approximate surface area is 354 Å². The average molecular weight is 870 g/mol. The van der Waals surface area contributed by atoms with E-state index < -0.39 is 47.8 Å². The number of primary amides is 1. The number of hydrogen-bond acceptors (Lipinski definition) is 17. The molecule has 4 rings (SSSR count). The highest BCUT2D eigenvalue weighted by Crippen LogP contribution is 2.29. The third-order valence-corrected chi connectivity index (χ3v) is 10.5. The van der Waals surface area contributed by atoms with Gasteiger partial charge in [0.1, 0.15) is 13.2 Å². The molecule has 18 nitrogen and oxygen atoms in total. The number of hydrogen-bond donors (Lipinski definition) is 4. The van der Waals surface area contributed by atoms with Crippen LogP contribution in [-0.4, -0.2) is 126 Å². The van der Waals surface area contributed by atoms with Gasteiger partial charge in [0, 0.05) is 48.8 Å². The molecule has 2 fully saturated rings. The minimum Gasteiger partial charge on any atom is -0.465 e. The summed E-state index contributed by atoms with van der Waals surface area (Å²) in [5.41, 5.74) is 6.03. The molecule has 0 bridgehead atoms. The SMILES string of the molecule is C=CCOC(=O)c1cc(NC(=O)[C@@H]2C[C@H](SC(C)=O)CN2)cc(C(=O)OC)c1.C=CCOC(=O)c1cc(NC(=O)[C@@H]2C[C@H](SC(C)=O)CN2CC(N)=O)cc(C(=O)OC)c1. The minimum atomic E-state index is -0.725. The van der Waals surface area contributed by atoms with Gasteiger partial charge in [0.25, 0.3) is 0 Å². The zero-order chi connectivity index (χ0) is 44.5. The molecule has 2 aliphatic rings. The number of methoxy groups -OCH3 is 2. The van der Waals surface area contributed by atoms with Crippen molar-refractivity contribution in [2.45, 2.75) is 49.3 Å². The normalized spacial score (nSPS) is 18.1. The summed E-state index contributed by atoms with van der Waals surface area (Å²) in [4.78, 5) is 110. The van der Waals surface area contributed by atoms with E-state index in [1.165, 1.54) is 88.4 Å². The summed E-state index contributed by atoms with van der Waals surface area (Å²) in [5.74, 6) is -4.10. The van der Waals surface area contributed by atoms with Crippen molar-refractivity contribution >= 4 is 86.7 Å². The van der Waals surface area contributed by atoms with Crippen molar-refractivity contribution in [3.05, 3.63) is 84.0 Å². The van der Waals surface area contributed by atoms with Gasteiger partial charge in [-0.15, -0.1) is 0 Å². The summed E-state index contributed by atoms with van der Waals surface area (Å²) >= 11 is 2.30. The molecule has 2 aromatic rings. The number of carbonyl (C=O) groups excluding carboxylic acids is 9. The molecule has 0 saturated carbocycles. The molecule has 3 amide bonds. The largest absolute Gasteiger partial charge is 0.465 e. The number of nitrogens with two attached hydrogens (primary N) is 1. The monoisotopic (exact) mass is 869 g/mol. The van der Waals surface area contributed by atoms with Gasteiger partial charge in [-0.1, -0.05) is 48.8 Å². The lowest BCUT2D eigenvalue weighted by Crippen LogP contribution is -2.43. The Bertz CT molecular complexity index is 2010. The molecule has 2 saturated heterocycles. The molecule has 20 heteroatoms. The number of amides is 3. The highest BCUT2D eigenvalue weighted by Gasteiger charge is 2.38. The Morgan fingerprint density at radius 2 is 1.17 bits per heavy atom. The Morgan fingerprint density at radius 1 is 0.717 bits per heavy atom. The number of ether oxygens (including phenoxy) is 4. The maximum atomic E-state index is 13.0. The van der Waals surface area contributed by atoms with Gasteiger partial charge in [-0.25, -0.2) is 19.2 Å². The van der Waals surface area contributed by atoms with E-state index in [0.29, 0.717) is 25.9 Å². The molecule has 0 radical (unpaired) electrons. The van der Waals surface area contributed by atoms with Gasteiger partial charge in [-0.05, 0) is 49.2 Å². The molecule has 2 aliphatic heterocycles. The van der Waals surface area contributed by atoms with Crippen LogP contribution < -0.4 is 21.7 Å². The van der Waals surface area contributed by atoms with Gasteiger partial charge >= 0.3 is 23.9 Å². The van der Waals surface area contributed by atoms with E-state index >= 15 is 0 Å². The number of nitrogens with zero attached hydrogens (tertiary/aromatic N) is 1. The van der Waals surface area contributed by atoms with E-state index in [9.17, 15) is 43.2 Å². The Morgan fingerprint density at radius 3 is 1.60 bits per heavy atom. The molecule has 60 heavy (non-hydrogen) atoms. The number of benzene rings is 2. The van der Waals surface area contributed by atoms with Crippen molar-refractivity contribution in [1.82, 2.24) is 10.2 Å². The summed E-state index contributed by atoms with van der Waals surface area (Å²) < 4.78 is 19.4. The molecule has 5 N–H and O–H groups in total. The molecule has 0 spiro atoms. The maximum absolute atomic E-state index is 13.0. The first-order valence-electron chi connectivity index (χ1n) is 18.2. The van der Waals surface area contributed by atoms with Crippen molar-refractivity contribution in [2.75, 3.05) is 57.7 Å². The molecular weight excluding hydrogens is 823 g/mol. The van der Waals surface area contributed by atoms with Crippen LogP contribution in [0.5, 0.6) is 0 Å². The third-order valence-electron chi connectivity index (χ3n) is 8.48. The molecule has 2 heterocycles. The van der Waals surface area contributed by atoms with Gasteiger partial charge in [0.2, 0.25) is 17.7 Å². The fourth-order valence-corrected chi connectivity index (χ4v) is 8.01. The fraction of sp³-hybridized carbons (Fsp3) is 0.375. The summed E-state index contributed by atoms with van der Waals surface area (Å²) in [5, 5.41) is 8.19. The Balaban J connectivity index is 0.000000323. The number of rotatable bonds is 16. The van der Waals surface area contributed by atoms with Crippen LogP contribution >= 0.6 is 23.5 Å². The number of esters is 4. The zero-order valence-electron chi connectivity index (χ0n) is 33.4. The van der Waals surface area contributed by atoms with Crippen LogP contribution in [-0.2, 0) is 42.9 Å². The Hall–Kier alpha value is -5.83. The quantitative estimate of drug-likeness (QED) is 0.107. The molecule has 0 unspecified atom stereocenters. The van der Waals surface area contributed by atoms with Crippen LogP contribution in [0.25, 0.3) is 0 Å². The number of likely N-dealkylation sites (tertiary alicyclic amines) is 1. The second kappa shape index (κ2) is 23.7. The third kappa shape index (κ3) is 15.1. The molecule has 0 aliphatic carbocycles. The summed E-state index contributed by atoms with van der Waals surface area (Å²) in [6.45, 7) is 10.6. The fourth-order valence-electron chi connectivity index (χ4n) is 6.05. The molecule has 4 atom stereocenters. The first-order valence-corrected chi connectivity index (χ1v) is 20.0. The zero-order valence-corrected chi connectivity index (χ0v) is 35.1. The Kier molecular flexibility index (Phi) is 19.2. The van der Waals surface area contributed by atoms with Gasteiger partial charge in [-0.3, -0.25) is 28.9 Å². The smallest absolute Gasteiger partial charge is 0.338 e. The number of carbonyl (C=O) groups is 9. The van der Waals surface area contributed by atoms with E-state index in [1.54, 1.807) is 4.90 Å². The number of thioether (sulfide) groups is 2. The summed E-state index contributed by atoms with van der Waals surface area (Å²) in [7, 11) is 2.41. The van der Waals surface area contributed by atoms with E-state index in [-0.39, 0.29) is 80.0 Å². The predicted octanol–water partition coefficient (Wildman–Crippen LogP) is 2.73. The van der Waals surface area contributed by atoms with Gasteiger partial charge in [0.05, 0.1) is 55.1 Å². The minimum absolute atomic E-state index is 0.00122. The van der Waals surface area contributed by atoms with Crippen molar-refractivity contribution in [2.24, 2.45) is 5.73 Å². The second-order valence-electron chi connectivity index (χ2n) is 13.1. The van der Waals surface area contributed by atoms with Crippen LogP contribution in [0, 0.1) is 0 Å². The van der Waals surface area contributed by atoms with Crippen LogP contribution in [0.4, 0.5) is 11.4 Å². The van der Waals surface area contributed by atoms with Gasteiger partial charge < -0.3 is 40.6 Å². The van der Waals surface area contributed by atoms with Crippen molar-refractivity contribution < 1.29 is 62.1 Å². The average Bonchev–Trinajstić information content (AvgIpc) is 3.84. The number of nitrogens with one attached hydrogen (secondary N) is 3. The molecule has 322 valence electrons. The van der Waals surface area contributed by atoms with Crippen molar-refractivity contribution in [3.8, 4) is 0 Å². The molecule has 2 aromatic carbocycles. The standard InChI is InChI=1S/C21H25N3O7S.C19H22N2O6S/c1-4-5-31-21(29)14-6-13(20(28)30-3)7-15(8-14)23-19(27)17-9-16(32-12(2)25)10-24(17)11-18(22)26;1-4-5-27-19(25)13-6-12(18(24)26-3)7-14(8-13)21-17(23)16-9-15(10-20-16)28-11(2)22/h4,6-8,16-17H,1,5,9-11H2,2-3H3,(H2,22,26)(H,23,27);4,6-8,15-16,20H,1,5,9-10H2,2-3H3,(H,21,23)/t16-,17-;15-,16-/m00/s1.